The Morgan fingerprint density at radius 3 is 2.74 bits per heavy atom. The summed E-state index contributed by atoms with van der Waals surface area (Å²) in [5.41, 5.74) is 0.856. The van der Waals surface area contributed by atoms with Crippen LogP contribution >= 0.6 is 27.5 Å². The van der Waals surface area contributed by atoms with Gasteiger partial charge in [-0.15, -0.1) is 0 Å². The largest absolute Gasteiger partial charge is 0.492 e. The second-order valence-electron chi connectivity index (χ2n) is 3.83. The molecule has 0 aliphatic rings. The van der Waals surface area contributed by atoms with Gasteiger partial charge in [0.1, 0.15) is 18.2 Å². The van der Waals surface area contributed by atoms with Crippen molar-refractivity contribution in [1.82, 2.24) is 0 Å². The zero-order valence-corrected chi connectivity index (χ0v) is 12.3. The van der Waals surface area contributed by atoms with Crippen molar-refractivity contribution in [2.24, 2.45) is 0 Å². The van der Waals surface area contributed by atoms with E-state index in [-0.39, 0.29) is 5.82 Å². The summed E-state index contributed by atoms with van der Waals surface area (Å²) in [6.45, 7) is 1.01. The van der Waals surface area contributed by atoms with Gasteiger partial charge in [0.15, 0.2) is 0 Å². The van der Waals surface area contributed by atoms with Crippen LogP contribution in [0.2, 0.25) is 5.02 Å². The predicted molar refractivity (Wildman–Crippen MR) is 79.5 cm³/mol. The molecule has 2 aromatic carbocycles. The number of rotatable bonds is 5. The van der Waals surface area contributed by atoms with Crippen LogP contribution in [0.5, 0.6) is 5.75 Å². The van der Waals surface area contributed by atoms with Crippen LogP contribution in [0, 0.1) is 5.82 Å². The molecular weight excluding hydrogens is 333 g/mol. The van der Waals surface area contributed by atoms with Crippen LogP contribution in [0.4, 0.5) is 10.1 Å². The Kier molecular flexibility index (Phi) is 5.05. The molecule has 5 heteroatoms. The van der Waals surface area contributed by atoms with Crippen LogP contribution in [0.25, 0.3) is 0 Å². The smallest absolute Gasteiger partial charge is 0.141 e. The number of halogens is 3. The number of para-hydroxylation sites is 1. The lowest BCUT2D eigenvalue weighted by molar-refractivity contribution is 0.331. The van der Waals surface area contributed by atoms with Crippen molar-refractivity contribution in [2.75, 3.05) is 18.5 Å². The fraction of sp³-hybridized carbons (Fsp3) is 0.143. The predicted octanol–water partition coefficient (Wildman–Crippen LogP) is 4.73. The lowest BCUT2D eigenvalue weighted by atomic mass is 10.3. The quantitative estimate of drug-likeness (QED) is 0.792. The molecule has 0 saturated heterocycles. The van der Waals surface area contributed by atoms with E-state index in [1.165, 1.54) is 6.07 Å². The summed E-state index contributed by atoms with van der Waals surface area (Å²) in [5, 5.41) is 3.81. The van der Waals surface area contributed by atoms with Gasteiger partial charge < -0.3 is 10.1 Å². The van der Waals surface area contributed by atoms with Crippen molar-refractivity contribution >= 4 is 33.2 Å². The van der Waals surface area contributed by atoms with Gasteiger partial charge in [0.05, 0.1) is 15.2 Å². The third kappa shape index (κ3) is 4.11. The Hall–Kier alpha value is -1.26. The van der Waals surface area contributed by atoms with E-state index >= 15 is 0 Å². The highest BCUT2D eigenvalue weighted by Gasteiger charge is 2.01. The number of ether oxygens (including phenoxy) is 1. The Balaban J connectivity index is 1.81. The first-order valence-corrected chi connectivity index (χ1v) is 6.90. The van der Waals surface area contributed by atoms with E-state index in [4.69, 9.17) is 16.3 Å². The molecule has 100 valence electrons. The van der Waals surface area contributed by atoms with E-state index in [9.17, 15) is 4.39 Å². The lowest BCUT2D eigenvalue weighted by Gasteiger charge is -2.10. The van der Waals surface area contributed by atoms with Crippen molar-refractivity contribution in [3.05, 3.63) is 57.8 Å². The second-order valence-corrected chi connectivity index (χ2v) is 5.09. The van der Waals surface area contributed by atoms with Gasteiger partial charge in [-0.1, -0.05) is 23.7 Å². The van der Waals surface area contributed by atoms with Gasteiger partial charge in [0.25, 0.3) is 0 Å². The second kappa shape index (κ2) is 6.78. The Bertz CT molecular complexity index is 565. The molecule has 1 N–H and O–H groups in total. The maximum absolute atomic E-state index is 13.2. The van der Waals surface area contributed by atoms with Gasteiger partial charge in [0.2, 0.25) is 0 Å². The SMILES string of the molecule is Fc1cc(OCCNc2ccccc2Cl)ccc1Br. The van der Waals surface area contributed by atoms with Crippen LogP contribution in [0.1, 0.15) is 0 Å². The summed E-state index contributed by atoms with van der Waals surface area (Å²) in [6.07, 6.45) is 0. The molecule has 0 atom stereocenters. The highest BCUT2D eigenvalue weighted by Crippen LogP contribution is 2.21. The molecule has 0 aliphatic heterocycles. The summed E-state index contributed by atoms with van der Waals surface area (Å²) in [4.78, 5) is 0. The zero-order chi connectivity index (χ0) is 13.7. The van der Waals surface area contributed by atoms with E-state index in [0.29, 0.717) is 28.4 Å². The van der Waals surface area contributed by atoms with Crippen LogP contribution in [0.15, 0.2) is 46.9 Å². The number of hydrogen-bond donors (Lipinski definition) is 1. The van der Waals surface area contributed by atoms with Crippen LogP contribution in [0.3, 0.4) is 0 Å². The third-order valence-electron chi connectivity index (χ3n) is 2.45. The first-order valence-electron chi connectivity index (χ1n) is 5.73. The average molecular weight is 345 g/mol. The summed E-state index contributed by atoms with van der Waals surface area (Å²) in [7, 11) is 0. The fourth-order valence-corrected chi connectivity index (χ4v) is 1.97. The maximum atomic E-state index is 13.2. The summed E-state index contributed by atoms with van der Waals surface area (Å²) in [6, 6.07) is 12.2. The van der Waals surface area contributed by atoms with Gasteiger partial charge in [-0.05, 0) is 40.2 Å². The monoisotopic (exact) mass is 343 g/mol. The number of nitrogens with one attached hydrogen (secondary N) is 1. The lowest BCUT2D eigenvalue weighted by Crippen LogP contribution is -2.11. The van der Waals surface area contributed by atoms with Crippen LogP contribution in [-0.2, 0) is 0 Å². The fourth-order valence-electron chi connectivity index (χ4n) is 1.53. The molecule has 0 amide bonds. The van der Waals surface area contributed by atoms with Gasteiger partial charge in [-0.3, -0.25) is 0 Å². The van der Waals surface area contributed by atoms with Crippen LogP contribution < -0.4 is 10.1 Å². The molecule has 19 heavy (non-hydrogen) atoms. The summed E-state index contributed by atoms with van der Waals surface area (Å²) < 4.78 is 19.1. The first-order chi connectivity index (χ1) is 9.16. The minimum Gasteiger partial charge on any atom is -0.492 e. The number of anilines is 1. The first kappa shape index (κ1) is 14.2. The van der Waals surface area contributed by atoms with E-state index in [0.717, 1.165) is 5.69 Å². The molecular formula is C14H12BrClFNO. The number of benzene rings is 2. The zero-order valence-electron chi connectivity index (χ0n) is 10.00. The minimum atomic E-state index is -0.337. The molecule has 2 aromatic rings. The standard InChI is InChI=1S/C14H12BrClFNO/c15-11-6-5-10(9-13(11)17)19-8-7-18-14-4-2-1-3-12(14)16/h1-6,9,18H,7-8H2. The molecule has 0 heterocycles. The highest BCUT2D eigenvalue weighted by molar-refractivity contribution is 9.10. The van der Waals surface area contributed by atoms with Crippen molar-refractivity contribution in [3.8, 4) is 5.75 Å². The van der Waals surface area contributed by atoms with Gasteiger partial charge >= 0.3 is 0 Å². The van der Waals surface area contributed by atoms with Crippen molar-refractivity contribution in [1.29, 1.82) is 0 Å². The molecule has 0 aliphatic carbocycles. The van der Waals surface area contributed by atoms with Crippen LogP contribution in [-0.4, -0.2) is 13.2 Å². The van der Waals surface area contributed by atoms with Gasteiger partial charge in [0, 0.05) is 12.6 Å². The summed E-state index contributed by atoms with van der Waals surface area (Å²) >= 11 is 9.09. The molecule has 2 rings (SSSR count). The van der Waals surface area contributed by atoms with Gasteiger partial charge in [-0.2, -0.15) is 0 Å². The normalized spacial score (nSPS) is 10.3. The topological polar surface area (TPSA) is 21.3 Å². The van der Waals surface area contributed by atoms with E-state index in [1.807, 2.05) is 24.3 Å². The van der Waals surface area contributed by atoms with E-state index in [1.54, 1.807) is 12.1 Å². The molecule has 0 radical (unpaired) electrons. The molecule has 2 nitrogen and oxygen atoms in total. The molecule has 0 saturated carbocycles. The van der Waals surface area contributed by atoms with Crippen molar-refractivity contribution in [2.45, 2.75) is 0 Å². The maximum Gasteiger partial charge on any atom is 0.141 e. The van der Waals surface area contributed by atoms with E-state index < -0.39 is 0 Å². The highest BCUT2D eigenvalue weighted by atomic mass is 79.9. The minimum absolute atomic E-state index is 0.337. The molecule has 0 bridgehead atoms. The molecule has 0 fully saturated rings. The Morgan fingerprint density at radius 1 is 1.21 bits per heavy atom. The molecule has 0 aromatic heterocycles. The molecule has 0 spiro atoms. The van der Waals surface area contributed by atoms with Gasteiger partial charge in [-0.25, -0.2) is 4.39 Å². The Morgan fingerprint density at radius 2 is 2.00 bits per heavy atom. The van der Waals surface area contributed by atoms with Crippen molar-refractivity contribution < 1.29 is 9.13 Å². The van der Waals surface area contributed by atoms with E-state index in [2.05, 4.69) is 21.2 Å². The Labute approximate surface area is 124 Å². The molecule has 0 unspecified atom stereocenters. The number of hydrogen-bond acceptors (Lipinski definition) is 2. The summed E-state index contributed by atoms with van der Waals surface area (Å²) in [5.74, 6) is 0.165. The third-order valence-corrected chi connectivity index (χ3v) is 3.42. The van der Waals surface area contributed by atoms with Crippen molar-refractivity contribution in [3.63, 3.8) is 0 Å². The average Bonchev–Trinajstić information content (AvgIpc) is 2.40.